The summed E-state index contributed by atoms with van der Waals surface area (Å²) in [5, 5.41) is 0.0590. The van der Waals surface area contributed by atoms with Crippen LogP contribution in [-0.2, 0) is 17.7 Å². The van der Waals surface area contributed by atoms with Crippen molar-refractivity contribution in [3.05, 3.63) is 58.0 Å². The predicted octanol–water partition coefficient (Wildman–Crippen LogP) is 5.78. The molecule has 1 aromatic carbocycles. The van der Waals surface area contributed by atoms with E-state index in [2.05, 4.69) is 9.55 Å². The van der Waals surface area contributed by atoms with Crippen molar-refractivity contribution in [3.8, 4) is 22.6 Å². The fourth-order valence-corrected chi connectivity index (χ4v) is 4.08. The van der Waals surface area contributed by atoms with Gasteiger partial charge in [-0.1, -0.05) is 11.6 Å². The third kappa shape index (κ3) is 3.91. The number of imidazole rings is 1. The molecule has 1 aliphatic rings. The molecule has 0 N–H and O–H groups in total. The quantitative estimate of drug-likeness (QED) is 0.542. The van der Waals surface area contributed by atoms with E-state index >= 15 is 0 Å². The largest absolute Gasteiger partial charge is 0.376 e. The van der Waals surface area contributed by atoms with Gasteiger partial charge in [-0.25, -0.2) is 13.8 Å². The highest BCUT2D eigenvalue weighted by molar-refractivity contribution is 6.31. The molecule has 152 valence electrons. The molecular formula is C22H22ClF2N3O. The molecule has 29 heavy (non-hydrogen) atoms. The van der Waals surface area contributed by atoms with Gasteiger partial charge < -0.3 is 9.30 Å². The van der Waals surface area contributed by atoms with Gasteiger partial charge in [0, 0.05) is 45.2 Å². The zero-order chi connectivity index (χ0) is 20.7. The highest BCUT2D eigenvalue weighted by Gasteiger charge is 2.25. The van der Waals surface area contributed by atoms with Crippen molar-refractivity contribution >= 4 is 11.6 Å². The van der Waals surface area contributed by atoms with Crippen molar-refractivity contribution in [1.29, 1.82) is 0 Å². The number of alkyl halides is 2. The maximum Gasteiger partial charge on any atom is 0.265 e. The Kier molecular flexibility index (Phi) is 5.40. The highest BCUT2D eigenvalue weighted by Crippen LogP contribution is 2.35. The first-order valence-corrected chi connectivity index (χ1v) is 9.96. The summed E-state index contributed by atoms with van der Waals surface area (Å²) in [4.78, 5) is 9.36. The Morgan fingerprint density at radius 3 is 2.52 bits per heavy atom. The SMILES string of the molecule is Cc1cc(-c2nc(-c3ccc(Cl)c(C(F)F)c3)n3c2CCO[C@H](C)C3)cc(C)n1. The smallest absolute Gasteiger partial charge is 0.265 e. The van der Waals surface area contributed by atoms with Gasteiger partial charge in [-0.3, -0.25) is 4.98 Å². The van der Waals surface area contributed by atoms with Crippen LogP contribution in [0.25, 0.3) is 22.6 Å². The highest BCUT2D eigenvalue weighted by atomic mass is 35.5. The average Bonchev–Trinajstić information content (AvgIpc) is 2.88. The molecule has 0 saturated carbocycles. The summed E-state index contributed by atoms with van der Waals surface area (Å²) in [6, 6.07) is 8.69. The minimum atomic E-state index is -2.65. The summed E-state index contributed by atoms with van der Waals surface area (Å²) in [5.41, 5.74) is 5.12. The zero-order valence-electron chi connectivity index (χ0n) is 16.5. The molecule has 0 amide bonds. The van der Waals surface area contributed by atoms with Gasteiger partial charge in [-0.05, 0) is 51.1 Å². The minimum Gasteiger partial charge on any atom is -0.376 e. The normalized spacial score (nSPS) is 16.7. The number of ether oxygens (including phenoxy) is 1. The van der Waals surface area contributed by atoms with Crippen molar-refractivity contribution in [2.45, 2.75) is 46.3 Å². The molecule has 1 aliphatic heterocycles. The van der Waals surface area contributed by atoms with Gasteiger partial charge in [0.25, 0.3) is 6.43 Å². The van der Waals surface area contributed by atoms with Crippen LogP contribution in [0.5, 0.6) is 0 Å². The van der Waals surface area contributed by atoms with E-state index in [1.807, 2.05) is 32.9 Å². The molecule has 0 saturated heterocycles. The lowest BCUT2D eigenvalue weighted by molar-refractivity contribution is 0.0666. The molecule has 3 aromatic rings. The molecule has 0 bridgehead atoms. The van der Waals surface area contributed by atoms with Crippen molar-refractivity contribution in [2.75, 3.05) is 6.61 Å². The van der Waals surface area contributed by atoms with Crippen LogP contribution in [0, 0.1) is 13.8 Å². The molecule has 2 aromatic heterocycles. The second kappa shape index (κ2) is 7.84. The number of nitrogens with zero attached hydrogens (tertiary/aromatic N) is 3. The third-order valence-electron chi connectivity index (χ3n) is 5.10. The summed E-state index contributed by atoms with van der Waals surface area (Å²) in [6.07, 6.45) is -1.95. The number of aromatic nitrogens is 3. The number of aryl methyl sites for hydroxylation is 2. The maximum absolute atomic E-state index is 13.4. The molecule has 0 fully saturated rings. The Balaban J connectivity index is 1.93. The van der Waals surface area contributed by atoms with Gasteiger partial charge in [0.05, 0.1) is 24.9 Å². The second-order valence-corrected chi connectivity index (χ2v) is 7.86. The standard InChI is InChI=1S/C22H22ClF2N3O/c1-12-8-16(9-13(2)26-12)20-19-6-7-29-14(3)11-28(19)22(27-20)15-4-5-18(23)17(10-15)21(24)25/h4-5,8-10,14,21H,6-7,11H2,1-3H3/t14-/m1/s1. The van der Waals surface area contributed by atoms with E-state index in [9.17, 15) is 8.78 Å². The molecule has 0 spiro atoms. The van der Waals surface area contributed by atoms with Gasteiger partial charge in [-0.15, -0.1) is 0 Å². The molecule has 3 heterocycles. The van der Waals surface area contributed by atoms with Crippen LogP contribution in [0.3, 0.4) is 0 Å². The first-order valence-electron chi connectivity index (χ1n) is 9.58. The van der Waals surface area contributed by atoms with Crippen LogP contribution in [0.2, 0.25) is 5.02 Å². The summed E-state index contributed by atoms with van der Waals surface area (Å²) < 4.78 is 34.8. The number of rotatable bonds is 3. The van der Waals surface area contributed by atoms with Crippen LogP contribution in [0.4, 0.5) is 8.78 Å². The molecule has 0 unspecified atom stereocenters. The lowest BCUT2D eigenvalue weighted by atomic mass is 10.1. The lowest BCUT2D eigenvalue weighted by Gasteiger charge is -2.13. The summed E-state index contributed by atoms with van der Waals surface area (Å²) in [6.45, 7) is 7.10. The van der Waals surface area contributed by atoms with Crippen LogP contribution in [0.15, 0.2) is 30.3 Å². The number of hydrogen-bond donors (Lipinski definition) is 0. The summed E-state index contributed by atoms with van der Waals surface area (Å²) in [7, 11) is 0. The van der Waals surface area contributed by atoms with E-state index in [1.54, 1.807) is 6.07 Å². The Morgan fingerprint density at radius 1 is 1.10 bits per heavy atom. The fourth-order valence-electron chi connectivity index (χ4n) is 3.88. The third-order valence-corrected chi connectivity index (χ3v) is 5.44. The van der Waals surface area contributed by atoms with Crippen LogP contribution in [-0.4, -0.2) is 27.2 Å². The van der Waals surface area contributed by atoms with Crippen LogP contribution < -0.4 is 0 Å². The molecule has 4 nitrogen and oxygen atoms in total. The zero-order valence-corrected chi connectivity index (χ0v) is 17.3. The Hall–Kier alpha value is -2.31. The maximum atomic E-state index is 13.4. The first-order chi connectivity index (χ1) is 13.8. The number of pyridine rings is 1. The van der Waals surface area contributed by atoms with Gasteiger partial charge in [0.15, 0.2) is 0 Å². The number of halogens is 3. The Morgan fingerprint density at radius 2 is 1.83 bits per heavy atom. The van der Waals surface area contributed by atoms with Gasteiger partial charge >= 0.3 is 0 Å². The van der Waals surface area contributed by atoms with Crippen molar-refractivity contribution in [1.82, 2.24) is 14.5 Å². The van der Waals surface area contributed by atoms with E-state index in [4.69, 9.17) is 21.3 Å². The number of benzene rings is 1. The first kappa shape index (κ1) is 20.0. The monoisotopic (exact) mass is 417 g/mol. The number of hydrogen-bond acceptors (Lipinski definition) is 3. The van der Waals surface area contributed by atoms with Crippen molar-refractivity contribution in [3.63, 3.8) is 0 Å². The fraction of sp³-hybridized carbons (Fsp3) is 0.364. The Labute approximate surface area is 173 Å². The van der Waals surface area contributed by atoms with Gasteiger partial charge in [0.2, 0.25) is 0 Å². The Bertz CT molecular complexity index is 1040. The molecule has 7 heteroatoms. The van der Waals surface area contributed by atoms with Crippen molar-refractivity contribution < 1.29 is 13.5 Å². The van der Waals surface area contributed by atoms with Crippen LogP contribution in [0.1, 0.15) is 36.0 Å². The van der Waals surface area contributed by atoms with E-state index in [1.165, 1.54) is 12.1 Å². The van der Waals surface area contributed by atoms with E-state index < -0.39 is 6.43 Å². The topological polar surface area (TPSA) is 39.9 Å². The minimum absolute atomic E-state index is 0.000156. The molecule has 0 radical (unpaired) electrons. The van der Waals surface area contributed by atoms with E-state index in [0.717, 1.165) is 28.3 Å². The summed E-state index contributed by atoms with van der Waals surface area (Å²) in [5.74, 6) is 0.651. The van der Waals surface area contributed by atoms with Crippen molar-refractivity contribution in [2.24, 2.45) is 0 Å². The molecule has 4 rings (SSSR count). The van der Waals surface area contributed by atoms with E-state index in [0.29, 0.717) is 31.0 Å². The average molecular weight is 418 g/mol. The van der Waals surface area contributed by atoms with Gasteiger partial charge in [-0.2, -0.15) is 0 Å². The predicted molar refractivity (Wildman–Crippen MR) is 109 cm³/mol. The second-order valence-electron chi connectivity index (χ2n) is 7.45. The van der Waals surface area contributed by atoms with Crippen LogP contribution >= 0.6 is 11.6 Å². The molecular weight excluding hydrogens is 396 g/mol. The number of fused-ring (bicyclic) bond motifs is 1. The summed E-state index contributed by atoms with van der Waals surface area (Å²) >= 11 is 5.97. The van der Waals surface area contributed by atoms with Gasteiger partial charge in [0.1, 0.15) is 5.82 Å². The lowest BCUT2D eigenvalue weighted by Crippen LogP contribution is -2.15. The molecule has 1 atom stereocenters. The molecule has 0 aliphatic carbocycles. The van der Waals surface area contributed by atoms with E-state index in [-0.39, 0.29) is 16.7 Å².